The van der Waals surface area contributed by atoms with Gasteiger partial charge in [0.15, 0.2) is 0 Å². The van der Waals surface area contributed by atoms with Crippen LogP contribution < -0.4 is 10.6 Å². The third-order valence-electron chi connectivity index (χ3n) is 3.44. The molecule has 1 heterocycles. The molecule has 0 unspecified atom stereocenters. The monoisotopic (exact) mass is 356 g/mol. The fraction of sp³-hybridized carbons (Fsp3) is 0. The second-order valence-corrected chi connectivity index (χ2v) is 5.54. The van der Waals surface area contributed by atoms with Crippen LogP contribution in [-0.4, -0.2) is 15.5 Å². The predicted octanol–water partition coefficient (Wildman–Crippen LogP) is 4.68. The summed E-state index contributed by atoms with van der Waals surface area (Å²) in [5, 5.41) is 16.2. The normalized spacial score (nSPS) is 10.3. The second kappa shape index (κ2) is 7.06. The first-order chi connectivity index (χ1) is 12.0. The number of anilines is 2. The zero-order valence-corrected chi connectivity index (χ0v) is 13.6. The van der Waals surface area contributed by atoms with Gasteiger partial charge in [0.2, 0.25) is 0 Å². The van der Waals surface area contributed by atoms with Gasteiger partial charge in [-0.1, -0.05) is 11.6 Å². The minimum Gasteiger partial charge on any atom is -0.324 e. The molecule has 0 fully saturated rings. The number of urea groups is 1. The van der Waals surface area contributed by atoms with Crippen molar-refractivity contribution in [1.29, 1.82) is 0 Å². The SMILES string of the molecule is O=C(Nc1ccc(-n2cccc2)cc1)Nc1cc([N+](=O)[O-])ccc1Cl. The molecule has 7 nitrogen and oxygen atoms in total. The zero-order valence-electron chi connectivity index (χ0n) is 12.8. The highest BCUT2D eigenvalue weighted by Crippen LogP contribution is 2.26. The van der Waals surface area contributed by atoms with E-state index in [0.29, 0.717) is 5.69 Å². The molecule has 25 heavy (non-hydrogen) atoms. The highest BCUT2D eigenvalue weighted by Gasteiger charge is 2.12. The summed E-state index contributed by atoms with van der Waals surface area (Å²) in [6, 6.07) is 14.4. The van der Waals surface area contributed by atoms with Crippen LogP contribution in [-0.2, 0) is 0 Å². The zero-order chi connectivity index (χ0) is 17.8. The number of non-ortho nitro benzene ring substituents is 1. The molecule has 0 aliphatic carbocycles. The summed E-state index contributed by atoms with van der Waals surface area (Å²) in [6.45, 7) is 0. The van der Waals surface area contributed by atoms with Crippen molar-refractivity contribution < 1.29 is 9.72 Å². The largest absolute Gasteiger partial charge is 0.324 e. The van der Waals surface area contributed by atoms with E-state index in [2.05, 4.69) is 10.6 Å². The lowest BCUT2D eigenvalue weighted by molar-refractivity contribution is -0.384. The van der Waals surface area contributed by atoms with Gasteiger partial charge in [0.05, 0.1) is 15.6 Å². The minimum atomic E-state index is -0.556. The summed E-state index contributed by atoms with van der Waals surface area (Å²) in [5.74, 6) is 0. The lowest BCUT2D eigenvalue weighted by Crippen LogP contribution is -2.19. The fourth-order valence-electron chi connectivity index (χ4n) is 2.23. The van der Waals surface area contributed by atoms with Crippen molar-refractivity contribution in [1.82, 2.24) is 4.57 Å². The summed E-state index contributed by atoms with van der Waals surface area (Å²) in [7, 11) is 0. The molecular weight excluding hydrogens is 344 g/mol. The van der Waals surface area contributed by atoms with Crippen molar-refractivity contribution in [3.05, 3.63) is 82.1 Å². The molecule has 0 saturated heterocycles. The van der Waals surface area contributed by atoms with Gasteiger partial charge in [-0.3, -0.25) is 10.1 Å². The Morgan fingerprint density at radius 3 is 2.36 bits per heavy atom. The predicted molar refractivity (Wildman–Crippen MR) is 96.5 cm³/mol. The average molecular weight is 357 g/mol. The average Bonchev–Trinajstić information content (AvgIpc) is 3.12. The quantitative estimate of drug-likeness (QED) is 0.525. The number of aromatic nitrogens is 1. The van der Waals surface area contributed by atoms with Crippen LogP contribution in [0.5, 0.6) is 0 Å². The van der Waals surface area contributed by atoms with Crippen LogP contribution >= 0.6 is 11.6 Å². The molecule has 3 aromatic rings. The lowest BCUT2D eigenvalue weighted by Gasteiger charge is -2.10. The van der Waals surface area contributed by atoms with E-state index in [1.807, 2.05) is 41.2 Å². The van der Waals surface area contributed by atoms with E-state index in [1.165, 1.54) is 18.2 Å². The lowest BCUT2D eigenvalue weighted by atomic mass is 10.2. The highest BCUT2D eigenvalue weighted by molar-refractivity contribution is 6.33. The van der Waals surface area contributed by atoms with Crippen LogP contribution in [0.1, 0.15) is 0 Å². The number of hydrogen-bond acceptors (Lipinski definition) is 3. The van der Waals surface area contributed by atoms with E-state index in [4.69, 9.17) is 11.6 Å². The smallest absolute Gasteiger partial charge is 0.323 e. The molecule has 2 N–H and O–H groups in total. The summed E-state index contributed by atoms with van der Waals surface area (Å²) in [6.07, 6.45) is 3.83. The van der Waals surface area contributed by atoms with Gasteiger partial charge in [0.25, 0.3) is 5.69 Å². The maximum Gasteiger partial charge on any atom is 0.323 e. The number of rotatable bonds is 4. The van der Waals surface area contributed by atoms with Crippen molar-refractivity contribution in [2.45, 2.75) is 0 Å². The van der Waals surface area contributed by atoms with E-state index in [0.717, 1.165) is 5.69 Å². The van der Waals surface area contributed by atoms with Crippen molar-refractivity contribution in [2.75, 3.05) is 10.6 Å². The van der Waals surface area contributed by atoms with Gasteiger partial charge in [-0.25, -0.2) is 4.79 Å². The second-order valence-electron chi connectivity index (χ2n) is 5.14. The first-order valence-electron chi connectivity index (χ1n) is 7.28. The summed E-state index contributed by atoms with van der Waals surface area (Å²) in [5.41, 5.74) is 1.54. The van der Waals surface area contributed by atoms with E-state index < -0.39 is 11.0 Å². The standard InChI is InChI=1S/C17H13ClN4O3/c18-15-8-7-14(22(24)25)11-16(15)20-17(23)19-12-3-5-13(6-4-12)21-9-1-2-10-21/h1-11H,(H2,19,20,23). The molecule has 0 aliphatic rings. The van der Waals surface area contributed by atoms with Crippen LogP contribution in [0.25, 0.3) is 5.69 Å². The molecule has 0 saturated carbocycles. The Bertz CT molecular complexity index is 908. The third kappa shape index (κ3) is 3.96. The fourth-order valence-corrected chi connectivity index (χ4v) is 2.40. The number of nitrogens with one attached hydrogen (secondary N) is 2. The summed E-state index contributed by atoms with van der Waals surface area (Å²) >= 11 is 5.96. The molecule has 0 radical (unpaired) electrons. The Labute approximate surface area is 148 Å². The molecule has 3 rings (SSSR count). The number of nitrogens with zero attached hydrogens (tertiary/aromatic N) is 2. The maximum atomic E-state index is 12.1. The van der Waals surface area contributed by atoms with Gasteiger partial charge in [0.1, 0.15) is 0 Å². The number of carbonyl (C=O) groups is 1. The van der Waals surface area contributed by atoms with Crippen molar-refractivity contribution in [3.63, 3.8) is 0 Å². The van der Waals surface area contributed by atoms with Gasteiger partial charge in [-0.2, -0.15) is 0 Å². The number of benzene rings is 2. The molecule has 126 valence electrons. The van der Waals surface area contributed by atoms with E-state index >= 15 is 0 Å². The third-order valence-corrected chi connectivity index (χ3v) is 3.77. The van der Waals surface area contributed by atoms with Gasteiger partial charge < -0.3 is 15.2 Å². The van der Waals surface area contributed by atoms with E-state index in [1.54, 1.807) is 12.1 Å². The van der Waals surface area contributed by atoms with Gasteiger partial charge in [0, 0.05) is 35.9 Å². The first-order valence-corrected chi connectivity index (χ1v) is 7.66. The molecule has 0 aliphatic heterocycles. The summed E-state index contributed by atoms with van der Waals surface area (Å²) in [4.78, 5) is 22.3. The van der Waals surface area contributed by atoms with Crippen LogP contribution in [0, 0.1) is 10.1 Å². The van der Waals surface area contributed by atoms with Gasteiger partial charge in [-0.15, -0.1) is 0 Å². The van der Waals surface area contributed by atoms with Crippen molar-refractivity contribution >= 4 is 34.7 Å². The molecule has 0 spiro atoms. The molecular formula is C17H13ClN4O3. The molecule has 0 atom stereocenters. The van der Waals surface area contributed by atoms with Crippen LogP contribution in [0.4, 0.5) is 21.9 Å². The van der Waals surface area contributed by atoms with Gasteiger partial charge in [-0.05, 0) is 42.5 Å². The Morgan fingerprint density at radius 2 is 1.72 bits per heavy atom. The summed E-state index contributed by atoms with van der Waals surface area (Å²) < 4.78 is 1.94. The Balaban J connectivity index is 1.68. The van der Waals surface area contributed by atoms with Crippen LogP contribution in [0.3, 0.4) is 0 Å². The molecule has 2 aromatic carbocycles. The number of hydrogen-bond donors (Lipinski definition) is 2. The van der Waals surface area contributed by atoms with Crippen LogP contribution in [0.15, 0.2) is 67.0 Å². The van der Waals surface area contributed by atoms with Crippen LogP contribution in [0.2, 0.25) is 5.02 Å². The van der Waals surface area contributed by atoms with Gasteiger partial charge >= 0.3 is 6.03 Å². The Hall–Kier alpha value is -3.32. The Morgan fingerprint density at radius 1 is 1.04 bits per heavy atom. The van der Waals surface area contributed by atoms with Crippen molar-refractivity contribution in [2.24, 2.45) is 0 Å². The maximum absolute atomic E-state index is 12.1. The van der Waals surface area contributed by atoms with E-state index in [-0.39, 0.29) is 16.4 Å². The highest BCUT2D eigenvalue weighted by atomic mass is 35.5. The topological polar surface area (TPSA) is 89.2 Å². The van der Waals surface area contributed by atoms with E-state index in [9.17, 15) is 14.9 Å². The molecule has 0 bridgehead atoms. The molecule has 8 heteroatoms. The number of nitro groups is 1. The number of amides is 2. The number of carbonyl (C=O) groups excluding carboxylic acids is 1. The first kappa shape index (κ1) is 16.5. The van der Waals surface area contributed by atoms with Crippen molar-refractivity contribution in [3.8, 4) is 5.69 Å². The minimum absolute atomic E-state index is 0.157. The number of halogens is 1. The Kier molecular flexibility index (Phi) is 4.67. The number of nitro benzene ring substituents is 1. The molecule has 1 aromatic heterocycles. The molecule has 2 amide bonds.